The van der Waals surface area contributed by atoms with Crippen LogP contribution in [0.1, 0.15) is 5.82 Å². The Morgan fingerprint density at radius 3 is 3.09 bits per heavy atom. The Labute approximate surface area is 61.6 Å². The molecule has 60 valence electrons. The maximum absolute atomic E-state index is 10.7. The molecule has 0 aliphatic rings. The number of nitrogens with one attached hydrogen (secondary N) is 1. The lowest BCUT2D eigenvalue weighted by molar-refractivity contribution is 0.118. The van der Waals surface area contributed by atoms with Gasteiger partial charge in [0.15, 0.2) is 5.75 Å². The van der Waals surface area contributed by atoms with Gasteiger partial charge in [-0.05, 0) is 0 Å². The van der Waals surface area contributed by atoms with E-state index in [9.17, 15) is 4.79 Å². The summed E-state index contributed by atoms with van der Waals surface area (Å²) in [6.45, 7) is 0.00944. The fraction of sp³-hybridized carbons (Fsp3) is 0.200. The molecule has 4 N–H and O–H groups in total. The molecule has 11 heavy (non-hydrogen) atoms. The summed E-state index contributed by atoms with van der Waals surface area (Å²) in [7, 11) is 0. The fourth-order valence-corrected chi connectivity index (χ4v) is 0.577. The molecule has 6 heteroatoms. The molecule has 1 rings (SSSR count). The van der Waals surface area contributed by atoms with Crippen LogP contribution >= 0.6 is 0 Å². The first-order chi connectivity index (χ1) is 5.24. The zero-order valence-corrected chi connectivity index (χ0v) is 5.57. The van der Waals surface area contributed by atoms with Gasteiger partial charge in [0.05, 0.1) is 6.20 Å². The van der Waals surface area contributed by atoms with Crippen LogP contribution in [0, 0.1) is 0 Å². The monoisotopic (exact) mass is 157 g/mol. The van der Waals surface area contributed by atoms with Gasteiger partial charge in [-0.25, -0.2) is 10.9 Å². The topological polar surface area (TPSA) is 101 Å². The molecule has 0 bridgehead atoms. The van der Waals surface area contributed by atoms with Crippen molar-refractivity contribution in [1.29, 1.82) is 0 Å². The first-order valence-corrected chi connectivity index (χ1v) is 2.83. The van der Waals surface area contributed by atoms with Crippen molar-refractivity contribution in [2.75, 3.05) is 0 Å². The second kappa shape index (κ2) is 3.13. The van der Waals surface area contributed by atoms with Crippen molar-refractivity contribution < 1.29 is 9.94 Å². The second-order valence-electron chi connectivity index (χ2n) is 1.86. The lowest BCUT2D eigenvalue weighted by atomic mass is 10.5. The maximum Gasteiger partial charge on any atom is 0.293 e. The number of hydrogen-bond acceptors (Lipinski definition) is 5. The van der Waals surface area contributed by atoms with Gasteiger partial charge in [0, 0.05) is 0 Å². The number of nitrogens with two attached hydrogens (primary N) is 1. The van der Waals surface area contributed by atoms with Gasteiger partial charge in [-0.1, -0.05) is 0 Å². The predicted molar refractivity (Wildman–Crippen MR) is 35.5 cm³/mol. The third-order valence-electron chi connectivity index (χ3n) is 1.05. The number of aromatic amines is 1. The molecule has 0 aliphatic heterocycles. The van der Waals surface area contributed by atoms with Crippen molar-refractivity contribution in [2.24, 2.45) is 5.90 Å². The Morgan fingerprint density at radius 1 is 1.82 bits per heavy atom. The van der Waals surface area contributed by atoms with Crippen LogP contribution in [0.15, 0.2) is 11.0 Å². The first-order valence-electron chi connectivity index (χ1n) is 2.83. The predicted octanol–water partition coefficient (Wildman–Crippen LogP) is -1.13. The fourth-order valence-electron chi connectivity index (χ4n) is 0.577. The Morgan fingerprint density at radius 2 is 2.55 bits per heavy atom. The van der Waals surface area contributed by atoms with E-state index < -0.39 is 11.3 Å². The first kappa shape index (κ1) is 7.70. The smallest absolute Gasteiger partial charge is 0.293 e. The highest BCUT2D eigenvalue weighted by molar-refractivity contribution is 5.09. The molecular formula is C5H7N3O3. The van der Waals surface area contributed by atoms with Gasteiger partial charge < -0.3 is 10.1 Å². The van der Waals surface area contributed by atoms with Crippen LogP contribution in [0.3, 0.4) is 0 Å². The average molecular weight is 157 g/mol. The molecule has 0 amide bonds. The Balaban J connectivity index is 2.96. The van der Waals surface area contributed by atoms with E-state index in [0.29, 0.717) is 0 Å². The van der Waals surface area contributed by atoms with E-state index in [-0.39, 0.29) is 12.4 Å². The third kappa shape index (κ3) is 1.76. The molecule has 0 atom stereocenters. The van der Waals surface area contributed by atoms with Crippen LogP contribution in [0.4, 0.5) is 0 Å². The van der Waals surface area contributed by atoms with E-state index >= 15 is 0 Å². The summed E-state index contributed by atoms with van der Waals surface area (Å²) in [6.07, 6.45) is 1.03. The molecule has 0 radical (unpaired) electrons. The molecule has 6 nitrogen and oxygen atoms in total. The lowest BCUT2D eigenvalue weighted by Gasteiger charge is -1.96. The van der Waals surface area contributed by atoms with Crippen molar-refractivity contribution >= 4 is 0 Å². The molecule has 0 aromatic carbocycles. The Kier molecular flexibility index (Phi) is 2.19. The maximum atomic E-state index is 10.7. The minimum absolute atomic E-state index is 0.00944. The number of rotatable bonds is 2. The standard InChI is InChI=1S/C5H7N3O3/c6-11-2-4-7-1-3(9)5(10)8-4/h1,9H,2,6H2,(H,7,8,10). The number of H-pyrrole nitrogens is 1. The molecule has 1 aromatic heterocycles. The summed E-state index contributed by atoms with van der Waals surface area (Å²) >= 11 is 0. The molecular weight excluding hydrogens is 150 g/mol. The van der Waals surface area contributed by atoms with Gasteiger partial charge >= 0.3 is 0 Å². The van der Waals surface area contributed by atoms with Gasteiger partial charge in [0.1, 0.15) is 12.4 Å². The summed E-state index contributed by atoms with van der Waals surface area (Å²) in [5.74, 6) is 4.57. The summed E-state index contributed by atoms with van der Waals surface area (Å²) in [5.41, 5.74) is -0.605. The zero-order chi connectivity index (χ0) is 8.27. The average Bonchev–Trinajstić information content (AvgIpc) is 1.98. The highest BCUT2D eigenvalue weighted by atomic mass is 16.6. The van der Waals surface area contributed by atoms with Gasteiger partial charge in [-0.3, -0.25) is 9.63 Å². The number of hydrogen-bond donors (Lipinski definition) is 3. The van der Waals surface area contributed by atoms with Crippen LogP contribution in [-0.4, -0.2) is 15.1 Å². The highest BCUT2D eigenvalue weighted by Gasteiger charge is 1.98. The largest absolute Gasteiger partial charge is 0.502 e. The van der Waals surface area contributed by atoms with E-state index in [1.54, 1.807) is 0 Å². The number of aromatic nitrogens is 2. The van der Waals surface area contributed by atoms with Gasteiger partial charge in [0.25, 0.3) is 5.56 Å². The Bertz CT molecular complexity index is 295. The van der Waals surface area contributed by atoms with Crippen LogP contribution in [0.25, 0.3) is 0 Å². The molecule has 1 aromatic rings. The number of nitrogens with zero attached hydrogens (tertiary/aromatic N) is 1. The molecule has 0 saturated carbocycles. The van der Waals surface area contributed by atoms with Crippen LogP contribution in [0.2, 0.25) is 0 Å². The summed E-state index contributed by atoms with van der Waals surface area (Å²) in [5, 5.41) is 8.73. The SMILES string of the molecule is NOCc1ncc(O)c(=O)[nH]1. The molecule has 0 saturated heterocycles. The third-order valence-corrected chi connectivity index (χ3v) is 1.05. The summed E-state index contributed by atoms with van der Waals surface area (Å²) in [4.78, 5) is 20.8. The van der Waals surface area contributed by atoms with Crippen molar-refractivity contribution in [3.05, 3.63) is 22.4 Å². The Hall–Kier alpha value is -1.40. The molecule has 1 heterocycles. The quantitative estimate of drug-likeness (QED) is 0.471. The van der Waals surface area contributed by atoms with Gasteiger partial charge in [0.2, 0.25) is 0 Å². The molecule has 0 spiro atoms. The minimum atomic E-state index is -0.605. The summed E-state index contributed by atoms with van der Waals surface area (Å²) < 4.78 is 0. The summed E-state index contributed by atoms with van der Waals surface area (Å²) in [6, 6.07) is 0. The lowest BCUT2D eigenvalue weighted by Crippen LogP contribution is -2.12. The van der Waals surface area contributed by atoms with Crippen LogP contribution in [-0.2, 0) is 11.4 Å². The molecule has 0 fully saturated rings. The van der Waals surface area contributed by atoms with Crippen molar-refractivity contribution in [2.45, 2.75) is 6.61 Å². The van der Waals surface area contributed by atoms with Gasteiger partial charge in [-0.2, -0.15) is 0 Å². The molecule has 0 unspecified atom stereocenters. The van der Waals surface area contributed by atoms with Gasteiger partial charge in [-0.15, -0.1) is 0 Å². The van der Waals surface area contributed by atoms with E-state index in [0.717, 1.165) is 6.20 Å². The van der Waals surface area contributed by atoms with Crippen molar-refractivity contribution in [3.8, 4) is 5.75 Å². The van der Waals surface area contributed by atoms with Crippen LogP contribution in [0.5, 0.6) is 5.75 Å². The van der Waals surface area contributed by atoms with E-state index in [2.05, 4.69) is 14.8 Å². The van der Waals surface area contributed by atoms with E-state index in [4.69, 9.17) is 11.0 Å². The normalized spacial score (nSPS) is 9.91. The molecule has 0 aliphatic carbocycles. The van der Waals surface area contributed by atoms with Crippen LogP contribution < -0.4 is 11.5 Å². The van der Waals surface area contributed by atoms with E-state index in [1.807, 2.05) is 0 Å². The number of aromatic hydroxyl groups is 1. The zero-order valence-electron chi connectivity index (χ0n) is 5.57. The second-order valence-corrected chi connectivity index (χ2v) is 1.86. The van der Waals surface area contributed by atoms with Crippen molar-refractivity contribution in [3.63, 3.8) is 0 Å². The van der Waals surface area contributed by atoms with E-state index in [1.165, 1.54) is 0 Å². The minimum Gasteiger partial charge on any atom is -0.502 e. The highest BCUT2D eigenvalue weighted by Crippen LogP contribution is 1.94. The van der Waals surface area contributed by atoms with Crippen molar-refractivity contribution in [1.82, 2.24) is 9.97 Å².